The molecule has 3 aliphatic rings. The van der Waals surface area contributed by atoms with E-state index in [1.807, 2.05) is 7.05 Å². The van der Waals surface area contributed by atoms with Gasteiger partial charge < -0.3 is 9.80 Å². The molecule has 4 atom stereocenters. The average molecular weight is 442 g/mol. The predicted octanol–water partition coefficient (Wildman–Crippen LogP) is 3.59. The number of nitrogens with zero attached hydrogens (tertiary/aromatic N) is 4. The first kappa shape index (κ1) is 23.1. The van der Waals surface area contributed by atoms with E-state index < -0.39 is 0 Å². The lowest BCUT2D eigenvalue weighted by Crippen LogP contribution is -2.66. The van der Waals surface area contributed by atoms with Crippen molar-refractivity contribution in [3.8, 4) is 0 Å². The molecule has 1 N–H and O–H groups in total. The molecule has 1 aromatic rings. The van der Waals surface area contributed by atoms with Gasteiger partial charge in [-0.25, -0.2) is 4.79 Å². The van der Waals surface area contributed by atoms with Gasteiger partial charge in [0.15, 0.2) is 0 Å². The van der Waals surface area contributed by atoms with E-state index in [4.69, 9.17) is 0 Å². The highest BCUT2D eigenvalue weighted by Gasteiger charge is 2.56. The van der Waals surface area contributed by atoms with E-state index in [-0.39, 0.29) is 30.4 Å². The number of nitrogens with one attached hydrogen (secondary N) is 1. The molecule has 0 spiro atoms. The second kappa shape index (κ2) is 9.79. The molecule has 3 saturated heterocycles. The zero-order valence-corrected chi connectivity index (χ0v) is 20.1. The molecule has 0 saturated carbocycles. The Balaban J connectivity index is 1.50. The average Bonchev–Trinajstić information content (AvgIpc) is 3.15. The van der Waals surface area contributed by atoms with Crippen LogP contribution in [-0.2, 0) is 4.79 Å². The molecule has 176 valence electrons. The van der Waals surface area contributed by atoms with E-state index >= 15 is 0 Å². The number of unbranched alkanes of at least 4 members (excludes halogenated alkanes) is 5. The summed E-state index contributed by atoms with van der Waals surface area (Å²) in [5.74, 6) is 0.384. The zero-order valence-electron chi connectivity index (χ0n) is 20.1. The van der Waals surface area contributed by atoms with Crippen molar-refractivity contribution in [1.29, 1.82) is 0 Å². The van der Waals surface area contributed by atoms with Gasteiger partial charge in [-0.2, -0.15) is 0 Å². The highest BCUT2D eigenvalue weighted by atomic mass is 16.2. The number of hydrogen-bond acceptors (Lipinski definition) is 5. The van der Waals surface area contributed by atoms with Crippen molar-refractivity contribution in [3.05, 3.63) is 29.8 Å². The highest BCUT2D eigenvalue weighted by molar-refractivity contribution is 6.00. The van der Waals surface area contributed by atoms with Crippen LogP contribution >= 0.6 is 0 Å². The summed E-state index contributed by atoms with van der Waals surface area (Å²) in [7, 11) is 1.83. The molecule has 4 unspecified atom stereocenters. The van der Waals surface area contributed by atoms with Gasteiger partial charge in [-0.15, -0.1) is 0 Å². The second-order valence-corrected chi connectivity index (χ2v) is 9.87. The Morgan fingerprint density at radius 3 is 2.56 bits per heavy atom. The van der Waals surface area contributed by atoms with Gasteiger partial charge in [-0.1, -0.05) is 58.1 Å². The van der Waals surface area contributed by atoms with Crippen LogP contribution in [0.15, 0.2) is 24.3 Å². The smallest absolute Gasteiger partial charge is 0.327 e. The molecule has 3 fully saturated rings. The van der Waals surface area contributed by atoms with Crippen LogP contribution in [0.5, 0.6) is 0 Å². The third-order valence-corrected chi connectivity index (χ3v) is 7.15. The lowest BCUT2D eigenvalue weighted by molar-refractivity contribution is -0.138. The molecule has 7 heteroatoms. The summed E-state index contributed by atoms with van der Waals surface area (Å²) in [6.07, 6.45) is 6.45. The Kier molecular flexibility index (Phi) is 7.05. The topological polar surface area (TPSA) is 59.1 Å². The molecule has 3 amide bonds. The number of likely N-dealkylation sites (N-methyl/N-ethyl adjacent to an activating group) is 1. The fourth-order valence-electron chi connectivity index (χ4n) is 5.48. The summed E-state index contributed by atoms with van der Waals surface area (Å²) in [5, 5.41) is 3.61. The van der Waals surface area contributed by atoms with Gasteiger partial charge in [0.25, 0.3) is 5.91 Å². The number of benzene rings is 1. The van der Waals surface area contributed by atoms with Crippen molar-refractivity contribution in [2.75, 3.05) is 31.6 Å². The second-order valence-electron chi connectivity index (χ2n) is 9.87. The molecule has 0 bridgehead atoms. The number of imide groups is 1. The van der Waals surface area contributed by atoms with Gasteiger partial charge in [0, 0.05) is 32.4 Å². The summed E-state index contributed by atoms with van der Waals surface area (Å²) >= 11 is 0. The molecular weight excluding hydrogens is 402 g/mol. The number of aryl methyl sites for hydroxylation is 1. The molecule has 7 nitrogen and oxygen atoms in total. The summed E-state index contributed by atoms with van der Waals surface area (Å²) in [6, 6.07) is 8.01. The van der Waals surface area contributed by atoms with Crippen LogP contribution in [0, 0.1) is 12.8 Å². The van der Waals surface area contributed by atoms with Gasteiger partial charge in [0.05, 0.1) is 0 Å². The summed E-state index contributed by atoms with van der Waals surface area (Å²) in [5.41, 5.74) is 2.37. The number of hydrogen-bond donors (Lipinski definition) is 1. The highest BCUT2D eigenvalue weighted by Crippen LogP contribution is 2.34. The molecule has 0 aliphatic carbocycles. The normalized spacial score (nSPS) is 28.3. The number of anilines is 1. The van der Waals surface area contributed by atoms with Crippen molar-refractivity contribution in [3.63, 3.8) is 0 Å². The van der Waals surface area contributed by atoms with E-state index in [1.54, 1.807) is 4.90 Å². The van der Waals surface area contributed by atoms with Crippen molar-refractivity contribution < 1.29 is 9.59 Å². The van der Waals surface area contributed by atoms with Crippen LogP contribution in [0.2, 0.25) is 0 Å². The molecule has 0 aromatic heterocycles. The van der Waals surface area contributed by atoms with Gasteiger partial charge in [0.1, 0.15) is 18.5 Å². The van der Waals surface area contributed by atoms with Gasteiger partial charge in [-0.3, -0.25) is 19.9 Å². The van der Waals surface area contributed by atoms with E-state index in [0.717, 1.165) is 31.6 Å². The Morgan fingerprint density at radius 2 is 1.81 bits per heavy atom. The number of urea groups is 1. The fourth-order valence-corrected chi connectivity index (χ4v) is 5.48. The predicted molar refractivity (Wildman–Crippen MR) is 127 cm³/mol. The van der Waals surface area contributed by atoms with E-state index in [2.05, 4.69) is 60.2 Å². The molecule has 3 aliphatic heterocycles. The minimum atomic E-state index is -0.335. The molecule has 32 heavy (non-hydrogen) atoms. The third-order valence-electron chi connectivity index (χ3n) is 7.15. The Bertz CT molecular complexity index is 830. The standard InChI is InChI=1S/C25H39N5O2/c1-5-6-7-8-9-10-14-28-23(31)21-22(27(4)25(28)32)26-24-29(16-19(3)17-30(21)24)20-13-11-12-18(2)15-20/h11-13,15,19,21-22,24,26H,5-10,14,16-17H2,1-4H3. The van der Waals surface area contributed by atoms with Crippen molar-refractivity contribution >= 4 is 17.6 Å². The molecule has 4 rings (SSSR count). The third kappa shape index (κ3) is 4.37. The maximum atomic E-state index is 13.6. The number of carbonyl (C=O) groups is 2. The molecular formula is C25H39N5O2. The van der Waals surface area contributed by atoms with Gasteiger partial charge in [-0.05, 0) is 37.0 Å². The number of carbonyl (C=O) groups excluding carboxylic acids is 2. The lowest BCUT2D eigenvalue weighted by atomic mass is 10.0. The maximum absolute atomic E-state index is 13.6. The van der Waals surface area contributed by atoms with E-state index in [1.165, 1.54) is 36.1 Å². The first-order valence-electron chi connectivity index (χ1n) is 12.4. The minimum Gasteiger partial charge on any atom is -0.343 e. The SMILES string of the molecule is CCCCCCCCN1C(=O)C2C(NC3N(c4cccc(C)c4)CC(C)CN23)N(C)C1=O. The summed E-state index contributed by atoms with van der Waals surface area (Å²) in [4.78, 5) is 34.5. The number of rotatable bonds is 8. The Hall–Kier alpha value is -2.12. The first-order chi connectivity index (χ1) is 15.4. The fraction of sp³-hybridized carbons (Fsp3) is 0.680. The maximum Gasteiger partial charge on any atom is 0.327 e. The van der Waals surface area contributed by atoms with E-state index in [9.17, 15) is 9.59 Å². The van der Waals surface area contributed by atoms with Crippen molar-refractivity contribution in [2.24, 2.45) is 5.92 Å². The summed E-state index contributed by atoms with van der Waals surface area (Å²) in [6.45, 7) is 8.84. The van der Waals surface area contributed by atoms with Crippen LogP contribution in [0.1, 0.15) is 57.9 Å². The van der Waals surface area contributed by atoms with E-state index in [0.29, 0.717) is 12.5 Å². The molecule has 3 heterocycles. The number of amides is 3. The van der Waals surface area contributed by atoms with Gasteiger partial charge in [0.2, 0.25) is 0 Å². The lowest BCUT2D eigenvalue weighted by Gasteiger charge is -2.46. The number of fused-ring (bicyclic) bond motifs is 3. The van der Waals surface area contributed by atoms with Crippen LogP contribution in [-0.4, -0.2) is 71.8 Å². The van der Waals surface area contributed by atoms with Crippen molar-refractivity contribution in [2.45, 2.75) is 77.8 Å². The van der Waals surface area contributed by atoms with Crippen LogP contribution in [0.25, 0.3) is 0 Å². The quantitative estimate of drug-likeness (QED) is 0.625. The van der Waals surface area contributed by atoms with Crippen LogP contribution in [0.4, 0.5) is 10.5 Å². The largest absolute Gasteiger partial charge is 0.343 e. The Labute approximate surface area is 192 Å². The zero-order chi connectivity index (χ0) is 22.8. The Morgan fingerprint density at radius 1 is 1.06 bits per heavy atom. The van der Waals surface area contributed by atoms with Crippen LogP contribution in [0.3, 0.4) is 0 Å². The molecule has 0 radical (unpaired) electrons. The molecule has 1 aromatic carbocycles. The van der Waals surface area contributed by atoms with Gasteiger partial charge >= 0.3 is 6.03 Å². The van der Waals surface area contributed by atoms with Crippen molar-refractivity contribution in [1.82, 2.24) is 20.0 Å². The first-order valence-corrected chi connectivity index (χ1v) is 12.4. The monoisotopic (exact) mass is 441 g/mol. The minimum absolute atomic E-state index is 0.0417. The van der Waals surface area contributed by atoms with Crippen LogP contribution < -0.4 is 10.2 Å². The summed E-state index contributed by atoms with van der Waals surface area (Å²) < 4.78 is 0.